The summed E-state index contributed by atoms with van der Waals surface area (Å²) in [6.07, 6.45) is 3.46. The van der Waals surface area contributed by atoms with E-state index in [0.717, 1.165) is 33.8 Å². The summed E-state index contributed by atoms with van der Waals surface area (Å²) in [6, 6.07) is 0. The second kappa shape index (κ2) is 3.26. The smallest absolute Gasteiger partial charge is 0.164 e. The Labute approximate surface area is 99.3 Å². The lowest BCUT2D eigenvalue weighted by Gasteiger charge is -2.08. The number of aromatic nitrogens is 4. The molecule has 0 saturated carbocycles. The molecular formula is C13H14N4. The minimum absolute atomic E-state index is 0.892. The molecule has 3 aromatic rings. The summed E-state index contributed by atoms with van der Waals surface area (Å²) in [7, 11) is 0. The van der Waals surface area contributed by atoms with Gasteiger partial charge in [0.05, 0.1) is 5.69 Å². The lowest BCUT2D eigenvalue weighted by molar-refractivity contribution is 1.08. The van der Waals surface area contributed by atoms with Crippen LogP contribution in [0.5, 0.6) is 0 Å². The maximum absolute atomic E-state index is 4.62. The van der Waals surface area contributed by atoms with Crippen molar-refractivity contribution in [1.82, 2.24) is 19.4 Å². The molecule has 3 aromatic heterocycles. The van der Waals surface area contributed by atoms with Gasteiger partial charge in [0.15, 0.2) is 5.65 Å². The highest BCUT2D eigenvalue weighted by Crippen LogP contribution is 2.24. The molecule has 17 heavy (non-hydrogen) atoms. The van der Waals surface area contributed by atoms with Gasteiger partial charge in [-0.25, -0.2) is 9.97 Å². The van der Waals surface area contributed by atoms with Gasteiger partial charge in [0.25, 0.3) is 0 Å². The number of hydrogen-bond acceptors (Lipinski definition) is 3. The van der Waals surface area contributed by atoms with E-state index in [4.69, 9.17) is 0 Å². The molecule has 3 heterocycles. The Morgan fingerprint density at radius 3 is 2.35 bits per heavy atom. The van der Waals surface area contributed by atoms with Gasteiger partial charge in [-0.1, -0.05) is 0 Å². The molecule has 3 rings (SSSR count). The van der Waals surface area contributed by atoms with Crippen molar-refractivity contribution in [1.29, 1.82) is 0 Å². The monoisotopic (exact) mass is 226 g/mol. The van der Waals surface area contributed by atoms with Crippen LogP contribution in [0.25, 0.3) is 16.8 Å². The van der Waals surface area contributed by atoms with E-state index >= 15 is 0 Å². The van der Waals surface area contributed by atoms with Crippen LogP contribution < -0.4 is 0 Å². The van der Waals surface area contributed by atoms with E-state index in [-0.39, 0.29) is 0 Å². The van der Waals surface area contributed by atoms with Crippen LogP contribution in [0.15, 0.2) is 12.4 Å². The number of imidazole rings is 1. The van der Waals surface area contributed by atoms with Crippen LogP contribution in [0.2, 0.25) is 0 Å². The maximum Gasteiger partial charge on any atom is 0.164 e. The highest BCUT2D eigenvalue weighted by Gasteiger charge is 2.14. The van der Waals surface area contributed by atoms with Crippen molar-refractivity contribution in [3.8, 4) is 0 Å². The molecule has 0 unspecified atom stereocenters. The van der Waals surface area contributed by atoms with E-state index in [9.17, 15) is 0 Å². The molecule has 0 aliphatic carbocycles. The maximum atomic E-state index is 4.62. The first-order valence-electron chi connectivity index (χ1n) is 5.66. The fourth-order valence-electron chi connectivity index (χ4n) is 2.23. The number of nitrogens with zero attached hydrogens (tertiary/aromatic N) is 4. The summed E-state index contributed by atoms with van der Waals surface area (Å²) in [4.78, 5) is 13.5. The molecule has 0 bridgehead atoms. The minimum atomic E-state index is 0.892. The summed E-state index contributed by atoms with van der Waals surface area (Å²) in [5, 5.41) is 0. The second-order valence-electron chi connectivity index (χ2n) is 4.42. The molecule has 0 aliphatic heterocycles. The van der Waals surface area contributed by atoms with Crippen LogP contribution in [-0.4, -0.2) is 19.4 Å². The van der Waals surface area contributed by atoms with E-state index in [0.29, 0.717) is 0 Å². The van der Waals surface area contributed by atoms with Gasteiger partial charge < -0.3 is 0 Å². The zero-order valence-corrected chi connectivity index (χ0v) is 10.4. The van der Waals surface area contributed by atoms with E-state index in [1.54, 1.807) is 12.4 Å². The summed E-state index contributed by atoms with van der Waals surface area (Å²) in [6.45, 7) is 8.26. The predicted molar refractivity (Wildman–Crippen MR) is 67.2 cm³/mol. The summed E-state index contributed by atoms with van der Waals surface area (Å²) < 4.78 is 2.10. The molecule has 4 nitrogen and oxygen atoms in total. The molecule has 0 aromatic carbocycles. The lowest BCUT2D eigenvalue weighted by atomic mass is 10.1. The summed E-state index contributed by atoms with van der Waals surface area (Å²) in [5.74, 6) is 0. The molecule has 0 N–H and O–H groups in total. The standard InChI is InChI=1S/C13H14N4/c1-7-8(2)12-16-9(3)10(4)17(12)13-11(7)14-5-6-15-13/h5-6H,1-4H3. The molecule has 0 fully saturated rings. The largest absolute Gasteiger partial charge is 0.279 e. The fourth-order valence-corrected chi connectivity index (χ4v) is 2.23. The van der Waals surface area contributed by atoms with Crippen LogP contribution in [0.4, 0.5) is 0 Å². The number of pyridine rings is 1. The number of hydrogen-bond donors (Lipinski definition) is 0. The van der Waals surface area contributed by atoms with Crippen LogP contribution in [-0.2, 0) is 0 Å². The van der Waals surface area contributed by atoms with Crippen molar-refractivity contribution in [2.45, 2.75) is 27.7 Å². The molecule has 0 amide bonds. The van der Waals surface area contributed by atoms with Gasteiger partial charge in [-0.3, -0.25) is 9.38 Å². The molecular weight excluding hydrogens is 212 g/mol. The zero-order chi connectivity index (χ0) is 12.2. The van der Waals surface area contributed by atoms with Crippen molar-refractivity contribution in [3.05, 3.63) is 34.9 Å². The van der Waals surface area contributed by atoms with Crippen molar-refractivity contribution < 1.29 is 0 Å². The van der Waals surface area contributed by atoms with Crippen molar-refractivity contribution in [2.75, 3.05) is 0 Å². The normalized spacial score (nSPS) is 11.5. The van der Waals surface area contributed by atoms with Gasteiger partial charge in [0, 0.05) is 18.1 Å². The molecule has 0 spiro atoms. The minimum Gasteiger partial charge on any atom is -0.279 e. The Hall–Kier alpha value is -1.97. The quantitative estimate of drug-likeness (QED) is 0.591. The second-order valence-corrected chi connectivity index (χ2v) is 4.42. The first kappa shape index (κ1) is 10.2. The third kappa shape index (κ3) is 1.21. The molecule has 0 radical (unpaired) electrons. The van der Waals surface area contributed by atoms with Crippen LogP contribution >= 0.6 is 0 Å². The fraction of sp³-hybridized carbons (Fsp3) is 0.308. The van der Waals surface area contributed by atoms with E-state index in [2.05, 4.69) is 40.1 Å². The van der Waals surface area contributed by atoms with Gasteiger partial charge >= 0.3 is 0 Å². The zero-order valence-electron chi connectivity index (χ0n) is 10.4. The number of rotatable bonds is 0. The van der Waals surface area contributed by atoms with Crippen molar-refractivity contribution >= 4 is 16.8 Å². The Morgan fingerprint density at radius 2 is 1.59 bits per heavy atom. The molecule has 86 valence electrons. The van der Waals surface area contributed by atoms with E-state index in [1.807, 2.05) is 6.92 Å². The Kier molecular flexibility index (Phi) is 1.96. The van der Waals surface area contributed by atoms with Crippen LogP contribution in [0.3, 0.4) is 0 Å². The summed E-state index contributed by atoms with van der Waals surface area (Å²) >= 11 is 0. The third-order valence-corrected chi connectivity index (χ3v) is 3.49. The average Bonchev–Trinajstić information content (AvgIpc) is 2.63. The first-order chi connectivity index (χ1) is 8.11. The highest BCUT2D eigenvalue weighted by molar-refractivity contribution is 5.81. The molecule has 0 atom stereocenters. The van der Waals surface area contributed by atoms with Crippen LogP contribution in [0.1, 0.15) is 22.5 Å². The van der Waals surface area contributed by atoms with Crippen molar-refractivity contribution in [3.63, 3.8) is 0 Å². The predicted octanol–water partition coefficient (Wildman–Crippen LogP) is 2.51. The van der Waals surface area contributed by atoms with Gasteiger partial charge in [0.2, 0.25) is 0 Å². The van der Waals surface area contributed by atoms with Crippen LogP contribution in [0, 0.1) is 27.7 Å². The molecule has 0 aliphatic rings. The third-order valence-electron chi connectivity index (χ3n) is 3.49. The average molecular weight is 226 g/mol. The Balaban J connectivity index is 2.71. The summed E-state index contributed by atoms with van der Waals surface area (Å²) in [5.41, 5.74) is 7.35. The lowest BCUT2D eigenvalue weighted by Crippen LogP contribution is -2.00. The molecule has 4 heteroatoms. The SMILES string of the molecule is Cc1nc2c(C)c(C)c3nccnc3n2c1C. The van der Waals surface area contributed by atoms with Gasteiger partial charge in [-0.15, -0.1) is 0 Å². The number of fused-ring (bicyclic) bond motifs is 3. The number of aryl methyl sites for hydroxylation is 4. The molecule has 0 saturated heterocycles. The van der Waals surface area contributed by atoms with E-state index in [1.165, 1.54) is 5.56 Å². The van der Waals surface area contributed by atoms with Gasteiger partial charge in [0.1, 0.15) is 11.2 Å². The Bertz CT molecular complexity index is 740. The van der Waals surface area contributed by atoms with Crippen molar-refractivity contribution in [2.24, 2.45) is 0 Å². The van der Waals surface area contributed by atoms with E-state index < -0.39 is 0 Å². The Morgan fingerprint density at radius 1 is 0.882 bits per heavy atom. The first-order valence-corrected chi connectivity index (χ1v) is 5.66. The van der Waals surface area contributed by atoms with Gasteiger partial charge in [-0.05, 0) is 38.8 Å². The van der Waals surface area contributed by atoms with Gasteiger partial charge in [-0.2, -0.15) is 0 Å². The highest BCUT2D eigenvalue weighted by atomic mass is 15.1. The topological polar surface area (TPSA) is 43.1 Å².